The molecule has 0 bridgehead atoms. The van der Waals surface area contributed by atoms with Gasteiger partial charge in [0.1, 0.15) is 0 Å². The van der Waals surface area contributed by atoms with Crippen LogP contribution in [0.15, 0.2) is 66.0 Å². The molecule has 0 amide bonds. The predicted octanol–water partition coefficient (Wildman–Crippen LogP) is 1.04. The average Bonchev–Trinajstić information content (AvgIpc) is 2.77. The number of aryl methyl sites for hydroxylation is 1. The van der Waals surface area contributed by atoms with Gasteiger partial charge in [-0.3, -0.25) is 0 Å². The Bertz CT molecular complexity index is 744. The Kier molecular flexibility index (Phi) is 2.76. The van der Waals surface area contributed by atoms with Gasteiger partial charge in [0.2, 0.25) is 5.52 Å². The quantitative estimate of drug-likeness (QED) is 0.381. The van der Waals surface area contributed by atoms with E-state index in [0.717, 1.165) is 11.0 Å². The topological polar surface area (TPSA) is 44.2 Å². The lowest BCUT2D eigenvalue weighted by Gasteiger charge is -2.07. The van der Waals surface area contributed by atoms with Gasteiger partial charge in [-0.05, 0) is 17.7 Å². The molecule has 3 rings (SSSR count). The summed E-state index contributed by atoms with van der Waals surface area (Å²) in [5.41, 5.74) is 2.53. The number of rotatable bonds is 2. The summed E-state index contributed by atoms with van der Waals surface area (Å²) in [6.45, 7) is 0. The highest BCUT2D eigenvalue weighted by atomic mass is 16.3. The molecule has 4 heteroatoms. The largest absolute Gasteiger partial charge is 0.856 e. The Hall–Kier alpha value is -2.62. The van der Waals surface area contributed by atoms with Crippen molar-refractivity contribution in [3.8, 4) is 0 Å². The van der Waals surface area contributed by atoms with Crippen LogP contribution in [0.3, 0.4) is 0 Å². The minimum Gasteiger partial charge on any atom is -0.856 e. The van der Waals surface area contributed by atoms with Crippen LogP contribution in [0.5, 0.6) is 0 Å². The van der Waals surface area contributed by atoms with Crippen molar-refractivity contribution < 1.29 is 9.67 Å². The summed E-state index contributed by atoms with van der Waals surface area (Å²) in [5, 5.41) is 16.2. The summed E-state index contributed by atoms with van der Waals surface area (Å²) < 4.78 is 3.56. The number of nitrogens with zero attached hydrogens (tertiary/aromatic N) is 3. The van der Waals surface area contributed by atoms with E-state index < -0.39 is 0 Å². The highest BCUT2D eigenvalue weighted by Crippen LogP contribution is 2.10. The number of aromatic nitrogens is 2. The summed E-state index contributed by atoms with van der Waals surface area (Å²) in [5.74, 6) is -0.248. The monoisotopic (exact) mass is 251 g/mol. The van der Waals surface area contributed by atoms with Gasteiger partial charge in [0.15, 0.2) is 5.52 Å². The van der Waals surface area contributed by atoms with Crippen LogP contribution in [0.4, 0.5) is 0 Å². The van der Waals surface area contributed by atoms with Gasteiger partial charge < -0.3 is 5.11 Å². The zero-order chi connectivity index (χ0) is 13.2. The van der Waals surface area contributed by atoms with E-state index in [0.29, 0.717) is 5.56 Å². The number of hydrogen-bond acceptors (Lipinski definition) is 2. The maximum atomic E-state index is 12.1. The van der Waals surface area contributed by atoms with Gasteiger partial charge in [-0.1, -0.05) is 47.6 Å². The van der Waals surface area contributed by atoms with E-state index in [9.17, 15) is 5.11 Å². The molecule has 2 aromatic carbocycles. The van der Waals surface area contributed by atoms with Crippen LogP contribution < -0.4 is 9.67 Å². The van der Waals surface area contributed by atoms with E-state index in [1.807, 2.05) is 54.1 Å². The molecule has 0 spiro atoms. The summed E-state index contributed by atoms with van der Waals surface area (Å²) in [6.07, 6.45) is 1.80. The molecule has 0 aliphatic carbocycles. The van der Waals surface area contributed by atoms with Crippen LogP contribution in [-0.2, 0) is 7.05 Å². The molecule has 0 fully saturated rings. The van der Waals surface area contributed by atoms with Gasteiger partial charge in [0.25, 0.3) is 6.33 Å². The molecule has 0 unspecified atom stereocenters. The molecule has 0 N–H and O–H groups in total. The smallest absolute Gasteiger partial charge is 0.270 e. The SMILES string of the molecule is C[n+]1cn(/N=C(/[O-])c2ccccc2)c2ccccc21. The van der Waals surface area contributed by atoms with Crippen molar-refractivity contribution in [3.63, 3.8) is 0 Å². The third-order valence-electron chi connectivity index (χ3n) is 3.01. The number of fused-ring (bicyclic) bond motifs is 1. The van der Waals surface area contributed by atoms with Gasteiger partial charge >= 0.3 is 0 Å². The maximum absolute atomic E-state index is 12.1. The highest BCUT2D eigenvalue weighted by molar-refractivity contribution is 5.90. The van der Waals surface area contributed by atoms with E-state index in [-0.39, 0.29) is 5.90 Å². The van der Waals surface area contributed by atoms with Gasteiger partial charge in [-0.2, -0.15) is 0 Å². The first-order valence-corrected chi connectivity index (χ1v) is 6.03. The van der Waals surface area contributed by atoms with Crippen molar-refractivity contribution in [1.82, 2.24) is 4.68 Å². The number of benzene rings is 2. The molecule has 19 heavy (non-hydrogen) atoms. The van der Waals surface area contributed by atoms with Crippen molar-refractivity contribution in [1.29, 1.82) is 0 Å². The Labute approximate surface area is 110 Å². The summed E-state index contributed by atoms with van der Waals surface area (Å²) in [7, 11) is 1.93. The number of para-hydroxylation sites is 2. The van der Waals surface area contributed by atoms with E-state index in [4.69, 9.17) is 0 Å². The molecule has 0 saturated carbocycles. The second kappa shape index (κ2) is 4.57. The molecule has 4 nitrogen and oxygen atoms in total. The average molecular weight is 251 g/mol. The van der Waals surface area contributed by atoms with Crippen LogP contribution in [0, 0.1) is 0 Å². The molecule has 0 saturated heterocycles. The second-order valence-electron chi connectivity index (χ2n) is 4.33. The zero-order valence-corrected chi connectivity index (χ0v) is 10.5. The molecule has 0 aliphatic rings. The standard InChI is InChI=1S/C15H13N3O/c1-17-11-18(14-10-6-5-9-13(14)17)16-15(19)12-7-3-2-4-8-12/h2-11H,1H3. The number of imidazole rings is 1. The molecule has 0 radical (unpaired) electrons. The normalized spacial score (nSPS) is 11.9. The van der Waals surface area contributed by atoms with Crippen molar-refractivity contribution in [2.75, 3.05) is 0 Å². The lowest BCUT2D eigenvalue weighted by Crippen LogP contribution is -2.25. The van der Waals surface area contributed by atoms with Crippen LogP contribution in [0.25, 0.3) is 11.0 Å². The summed E-state index contributed by atoms with van der Waals surface area (Å²) in [6, 6.07) is 16.9. The van der Waals surface area contributed by atoms with Crippen molar-refractivity contribution in [3.05, 3.63) is 66.5 Å². The van der Waals surface area contributed by atoms with Crippen LogP contribution in [0.2, 0.25) is 0 Å². The third-order valence-corrected chi connectivity index (χ3v) is 3.01. The van der Waals surface area contributed by atoms with Crippen LogP contribution >= 0.6 is 0 Å². The molecule has 0 aliphatic heterocycles. The third kappa shape index (κ3) is 2.08. The first-order chi connectivity index (χ1) is 9.25. The minimum absolute atomic E-state index is 0.248. The molecule has 1 heterocycles. The van der Waals surface area contributed by atoms with Gasteiger partial charge in [0, 0.05) is 5.90 Å². The fraction of sp³-hybridized carbons (Fsp3) is 0.0667. The number of hydrogen-bond donors (Lipinski definition) is 0. The Morgan fingerprint density at radius 3 is 2.53 bits per heavy atom. The van der Waals surface area contributed by atoms with Crippen LogP contribution in [-0.4, -0.2) is 10.6 Å². The van der Waals surface area contributed by atoms with Crippen molar-refractivity contribution in [2.45, 2.75) is 0 Å². The zero-order valence-electron chi connectivity index (χ0n) is 10.5. The lowest BCUT2D eigenvalue weighted by atomic mass is 10.2. The first-order valence-electron chi connectivity index (χ1n) is 6.03. The van der Waals surface area contributed by atoms with Crippen molar-refractivity contribution in [2.24, 2.45) is 12.1 Å². The molecule has 1 aromatic heterocycles. The first kappa shape index (κ1) is 11.5. The Morgan fingerprint density at radius 2 is 1.74 bits per heavy atom. The highest BCUT2D eigenvalue weighted by Gasteiger charge is 2.11. The van der Waals surface area contributed by atoms with Gasteiger partial charge in [0.05, 0.1) is 7.05 Å². The molecular weight excluding hydrogens is 238 g/mol. The maximum Gasteiger partial charge on any atom is 0.270 e. The van der Waals surface area contributed by atoms with E-state index >= 15 is 0 Å². The Morgan fingerprint density at radius 1 is 1.05 bits per heavy atom. The fourth-order valence-electron chi connectivity index (χ4n) is 2.06. The van der Waals surface area contributed by atoms with Crippen molar-refractivity contribution >= 4 is 16.9 Å². The molecule has 3 aromatic rings. The fourth-order valence-corrected chi connectivity index (χ4v) is 2.06. The van der Waals surface area contributed by atoms with E-state index in [1.54, 1.807) is 23.1 Å². The van der Waals surface area contributed by atoms with Gasteiger partial charge in [-0.25, -0.2) is 4.57 Å². The lowest BCUT2D eigenvalue weighted by molar-refractivity contribution is -0.645. The predicted molar refractivity (Wildman–Crippen MR) is 71.5 cm³/mol. The van der Waals surface area contributed by atoms with E-state index in [2.05, 4.69) is 5.10 Å². The van der Waals surface area contributed by atoms with Crippen LogP contribution in [0.1, 0.15) is 5.56 Å². The molecule has 0 atom stereocenters. The van der Waals surface area contributed by atoms with E-state index in [1.165, 1.54) is 0 Å². The molecular formula is C15H13N3O. The molecule has 94 valence electrons. The minimum atomic E-state index is -0.248. The summed E-state index contributed by atoms with van der Waals surface area (Å²) >= 11 is 0. The van der Waals surface area contributed by atoms with Gasteiger partial charge in [-0.15, -0.1) is 4.68 Å². The Balaban J connectivity index is 2.11. The summed E-state index contributed by atoms with van der Waals surface area (Å²) in [4.78, 5) is 0. The second-order valence-corrected chi connectivity index (χ2v) is 4.33.